The number of carbonyl (C=O) groups excluding carboxylic acids is 3. The molecule has 2 atom stereocenters. The standard InChI is InChI=1S/C49H94N2O6/c1-40(2)28-30-44(42(5)6)38-55-47(52)26-22-18-14-10-12-16-20-24-46(57-49(54)32-33-51-36-34-50(9)35-37-51)25-21-17-13-11-15-19-23-27-48(53)56-39-45(43(7)8)31-29-41(3)4/h40-46H,10-39H2,1-9H3. The molecule has 0 aromatic carbocycles. The van der Waals surface area contributed by atoms with Gasteiger partial charge in [-0.1, -0.05) is 132 Å². The number of esters is 3. The quantitative estimate of drug-likeness (QED) is 0.0351. The molecule has 1 saturated heterocycles. The van der Waals surface area contributed by atoms with E-state index in [0.717, 1.165) is 123 Å². The minimum atomic E-state index is -0.0402. The number of hydrogen-bond acceptors (Lipinski definition) is 8. The van der Waals surface area contributed by atoms with Gasteiger partial charge < -0.3 is 24.0 Å². The molecule has 0 radical (unpaired) electrons. The largest absolute Gasteiger partial charge is 0.465 e. The fourth-order valence-electron chi connectivity index (χ4n) is 7.74. The predicted octanol–water partition coefficient (Wildman–Crippen LogP) is 12.1. The number of hydrogen-bond donors (Lipinski definition) is 0. The summed E-state index contributed by atoms with van der Waals surface area (Å²) in [5.41, 5.74) is 0. The molecule has 0 amide bonds. The third-order valence-corrected chi connectivity index (χ3v) is 12.4. The van der Waals surface area contributed by atoms with Crippen molar-refractivity contribution < 1.29 is 28.6 Å². The molecule has 0 bridgehead atoms. The van der Waals surface area contributed by atoms with Crippen LogP contribution in [0.15, 0.2) is 0 Å². The number of nitrogens with zero attached hydrogens (tertiary/aromatic N) is 2. The molecule has 0 aliphatic carbocycles. The van der Waals surface area contributed by atoms with Crippen molar-refractivity contribution >= 4 is 17.9 Å². The van der Waals surface area contributed by atoms with Crippen molar-refractivity contribution in [2.45, 2.75) is 209 Å². The van der Waals surface area contributed by atoms with E-state index in [4.69, 9.17) is 14.2 Å². The molecule has 336 valence electrons. The maximum atomic E-state index is 12.9. The number of carbonyl (C=O) groups is 3. The van der Waals surface area contributed by atoms with Gasteiger partial charge in [-0.3, -0.25) is 14.4 Å². The molecule has 0 saturated carbocycles. The molecule has 0 spiro atoms. The summed E-state index contributed by atoms with van der Waals surface area (Å²) < 4.78 is 17.4. The van der Waals surface area contributed by atoms with Crippen LogP contribution in [-0.2, 0) is 28.6 Å². The first-order chi connectivity index (χ1) is 27.3. The predicted molar refractivity (Wildman–Crippen MR) is 238 cm³/mol. The molecule has 0 N–H and O–H groups in total. The van der Waals surface area contributed by atoms with Crippen LogP contribution in [0.4, 0.5) is 0 Å². The fraction of sp³-hybridized carbons (Fsp3) is 0.939. The summed E-state index contributed by atoms with van der Waals surface area (Å²) in [5, 5.41) is 0. The topological polar surface area (TPSA) is 85.4 Å². The summed E-state index contributed by atoms with van der Waals surface area (Å²) >= 11 is 0. The van der Waals surface area contributed by atoms with Gasteiger partial charge in [-0.15, -0.1) is 0 Å². The van der Waals surface area contributed by atoms with Gasteiger partial charge in [-0.05, 0) is 93.9 Å². The first kappa shape index (κ1) is 53.3. The van der Waals surface area contributed by atoms with Crippen molar-refractivity contribution in [1.82, 2.24) is 9.80 Å². The fourth-order valence-corrected chi connectivity index (χ4v) is 7.74. The van der Waals surface area contributed by atoms with Gasteiger partial charge in [0.1, 0.15) is 6.10 Å². The van der Waals surface area contributed by atoms with Crippen LogP contribution in [0.3, 0.4) is 0 Å². The van der Waals surface area contributed by atoms with E-state index in [0.29, 0.717) is 68.0 Å². The Labute approximate surface area is 353 Å². The zero-order valence-corrected chi connectivity index (χ0v) is 39.1. The van der Waals surface area contributed by atoms with Crippen LogP contribution >= 0.6 is 0 Å². The number of likely N-dealkylation sites (N-methyl/N-ethyl adjacent to an activating group) is 1. The van der Waals surface area contributed by atoms with Gasteiger partial charge in [0.05, 0.1) is 19.6 Å². The van der Waals surface area contributed by atoms with Crippen LogP contribution in [0, 0.1) is 35.5 Å². The molecule has 57 heavy (non-hydrogen) atoms. The first-order valence-electron chi connectivity index (χ1n) is 24.2. The normalized spacial score (nSPS) is 15.7. The molecule has 1 fully saturated rings. The van der Waals surface area contributed by atoms with Crippen molar-refractivity contribution in [3.05, 3.63) is 0 Å². The minimum absolute atomic E-state index is 0.0170. The highest BCUT2D eigenvalue weighted by atomic mass is 16.5. The van der Waals surface area contributed by atoms with Crippen LogP contribution in [0.2, 0.25) is 0 Å². The summed E-state index contributed by atoms with van der Waals surface area (Å²) in [4.78, 5) is 42.3. The third-order valence-electron chi connectivity index (χ3n) is 12.4. The SMILES string of the molecule is CC(C)CCC(COC(=O)CCCCCCCCCC(CCCCCCCCCC(=O)OCC(CCC(C)C)C(C)C)OC(=O)CCN1CCN(C)CC1)C(C)C. The van der Waals surface area contributed by atoms with E-state index in [1.54, 1.807) is 0 Å². The zero-order chi connectivity index (χ0) is 42.3. The summed E-state index contributed by atoms with van der Waals surface area (Å²) in [6.45, 7) is 24.0. The molecule has 1 aliphatic heterocycles. The second kappa shape index (κ2) is 34.1. The average Bonchev–Trinajstić information content (AvgIpc) is 3.15. The highest BCUT2D eigenvalue weighted by Crippen LogP contribution is 2.23. The maximum absolute atomic E-state index is 12.9. The molecule has 1 rings (SSSR count). The Morgan fingerprint density at radius 3 is 1.23 bits per heavy atom. The lowest BCUT2D eigenvalue weighted by atomic mass is 9.89. The smallest absolute Gasteiger partial charge is 0.307 e. The van der Waals surface area contributed by atoms with Gasteiger partial charge >= 0.3 is 17.9 Å². The van der Waals surface area contributed by atoms with Gasteiger partial charge in [0.2, 0.25) is 0 Å². The molecule has 8 nitrogen and oxygen atoms in total. The molecule has 0 aromatic rings. The van der Waals surface area contributed by atoms with Gasteiger partial charge in [-0.25, -0.2) is 0 Å². The average molecular weight is 807 g/mol. The Morgan fingerprint density at radius 1 is 0.456 bits per heavy atom. The Kier molecular flexibility index (Phi) is 31.9. The van der Waals surface area contributed by atoms with Crippen LogP contribution in [0.5, 0.6) is 0 Å². The Balaban J connectivity index is 2.28. The van der Waals surface area contributed by atoms with Crippen molar-refractivity contribution in [3.8, 4) is 0 Å². The number of unbranched alkanes of at least 4 members (excludes halogenated alkanes) is 12. The summed E-state index contributed by atoms with van der Waals surface area (Å²) in [6, 6.07) is 0. The van der Waals surface area contributed by atoms with Crippen LogP contribution in [0.1, 0.15) is 203 Å². The van der Waals surface area contributed by atoms with Crippen molar-refractivity contribution in [3.63, 3.8) is 0 Å². The van der Waals surface area contributed by atoms with Crippen molar-refractivity contribution in [2.24, 2.45) is 35.5 Å². The second-order valence-electron chi connectivity index (χ2n) is 19.4. The lowest BCUT2D eigenvalue weighted by Gasteiger charge is -2.32. The number of ether oxygens (including phenoxy) is 3. The second-order valence-corrected chi connectivity index (χ2v) is 19.4. The van der Waals surface area contributed by atoms with E-state index in [2.05, 4.69) is 72.2 Å². The molecular formula is C49H94N2O6. The summed E-state index contributed by atoms with van der Waals surface area (Å²) in [6.07, 6.45) is 23.6. The number of rotatable bonds is 36. The molecule has 1 heterocycles. The van der Waals surface area contributed by atoms with E-state index in [9.17, 15) is 14.4 Å². The van der Waals surface area contributed by atoms with Gasteiger partial charge in [0, 0.05) is 45.6 Å². The Bertz CT molecular complexity index is 934. The Hall–Kier alpha value is -1.67. The van der Waals surface area contributed by atoms with Gasteiger partial charge in [-0.2, -0.15) is 0 Å². The molecule has 8 heteroatoms. The summed E-state index contributed by atoms with van der Waals surface area (Å²) in [7, 11) is 2.16. The maximum Gasteiger partial charge on any atom is 0.307 e. The minimum Gasteiger partial charge on any atom is -0.465 e. The monoisotopic (exact) mass is 807 g/mol. The molecular weight excluding hydrogens is 713 g/mol. The van der Waals surface area contributed by atoms with E-state index in [1.807, 2.05) is 0 Å². The molecule has 1 aliphatic rings. The highest BCUT2D eigenvalue weighted by molar-refractivity contribution is 5.70. The van der Waals surface area contributed by atoms with E-state index < -0.39 is 0 Å². The Morgan fingerprint density at radius 2 is 0.842 bits per heavy atom. The van der Waals surface area contributed by atoms with Crippen LogP contribution in [-0.4, -0.2) is 86.8 Å². The van der Waals surface area contributed by atoms with E-state index in [-0.39, 0.29) is 24.0 Å². The lowest BCUT2D eigenvalue weighted by molar-refractivity contribution is -0.150. The van der Waals surface area contributed by atoms with Crippen LogP contribution < -0.4 is 0 Å². The summed E-state index contributed by atoms with van der Waals surface area (Å²) in [5.74, 6) is 3.25. The highest BCUT2D eigenvalue weighted by Gasteiger charge is 2.20. The molecule has 2 unspecified atom stereocenters. The third kappa shape index (κ3) is 31.0. The lowest BCUT2D eigenvalue weighted by Crippen LogP contribution is -2.45. The van der Waals surface area contributed by atoms with Gasteiger partial charge in [0.15, 0.2) is 0 Å². The van der Waals surface area contributed by atoms with Gasteiger partial charge in [0.25, 0.3) is 0 Å². The first-order valence-corrected chi connectivity index (χ1v) is 24.2. The van der Waals surface area contributed by atoms with E-state index >= 15 is 0 Å². The van der Waals surface area contributed by atoms with Crippen LogP contribution in [0.25, 0.3) is 0 Å². The zero-order valence-electron chi connectivity index (χ0n) is 39.1. The van der Waals surface area contributed by atoms with Crippen molar-refractivity contribution in [1.29, 1.82) is 0 Å². The van der Waals surface area contributed by atoms with E-state index in [1.165, 1.54) is 38.5 Å². The number of piperazine rings is 1. The molecule has 0 aromatic heterocycles. The van der Waals surface area contributed by atoms with Crippen molar-refractivity contribution in [2.75, 3.05) is 53.0 Å².